The molecule has 0 radical (unpaired) electrons. The van der Waals surface area contributed by atoms with Crippen LogP contribution in [0.2, 0.25) is 0 Å². The summed E-state index contributed by atoms with van der Waals surface area (Å²) < 4.78 is 86.0. The van der Waals surface area contributed by atoms with Crippen molar-refractivity contribution in [1.82, 2.24) is 15.6 Å². The number of aromatic nitrogens is 1. The number of anilines is 2. The Morgan fingerprint density at radius 2 is 1.66 bits per heavy atom. The van der Waals surface area contributed by atoms with Crippen LogP contribution in [0.25, 0.3) is 22.2 Å². The van der Waals surface area contributed by atoms with Crippen LogP contribution in [0.15, 0.2) is 83.8 Å². The molecule has 1 aliphatic rings. The van der Waals surface area contributed by atoms with E-state index in [0.29, 0.717) is 68.5 Å². The molecule has 6 rings (SSSR count). The number of nitriles is 1. The lowest BCUT2D eigenvalue weighted by molar-refractivity contribution is -0.137. The van der Waals surface area contributed by atoms with E-state index in [2.05, 4.69) is 26.3 Å². The predicted molar refractivity (Wildman–Crippen MR) is 214 cm³/mol. The minimum absolute atomic E-state index is 0.164. The number of aromatic amines is 1. The fourth-order valence-electron chi connectivity index (χ4n) is 6.79. The fraction of sp³-hybridized carbons (Fsp3) is 0.310. The average molecular weight is 835 g/mol. The molecule has 1 atom stereocenters. The molecule has 1 aromatic heterocycles. The normalized spacial score (nSPS) is 13.9. The maximum absolute atomic E-state index is 14.2. The second kappa shape index (κ2) is 18.0. The topological polar surface area (TPSA) is 185 Å². The van der Waals surface area contributed by atoms with Crippen LogP contribution in [0.1, 0.15) is 52.4 Å². The summed E-state index contributed by atoms with van der Waals surface area (Å²) in [6.07, 6.45) is -2.75. The number of amides is 2. The van der Waals surface area contributed by atoms with E-state index in [4.69, 9.17) is 10.00 Å². The number of halogens is 4. The van der Waals surface area contributed by atoms with Gasteiger partial charge in [0.25, 0.3) is 11.8 Å². The molecule has 1 aliphatic heterocycles. The Balaban J connectivity index is 0.872. The Bertz CT molecular complexity index is 2480. The number of alkyl halides is 3. The van der Waals surface area contributed by atoms with Crippen LogP contribution < -0.4 is 21.3 Å². The second-order valence-electron chi connectivity index (χ2n) is 14.4. The molecule has 310 valence electrons. The molecule has 5 aromatic rings. The standard InChI is InChI=1S/C42H42F4N6O6S/c1-41(55,40(54)51-31-9-8-28(23-47)35(22-31)42(44,45)46)25-59(56,57)32-12-10-30(11-13-32)49-16-3-19-58-18-2-15-48-24-26-4-6-27(7-5-26)38-33-14-17-50-39(53)34-20-29(43)21-36(52-38)37(33)34/h4-13,20-22,48-49,52,55H,2-3,14-19,24-25H2,1H3,(H,50,53)(H,51,54). The van der Waals surface area contributed by atoms with Crippen LogP contribution in [-0.2, 0) is 38.5 Å². The van der Waals surface area contributed by atoms with Crippen LogP contribution in [0.3, 0.4) is 0 Å². The lowest BCUT2D eigenvalue weighted by Crippen LogP contribution is -2.45. The molecule has 6 N–H and O–H groups in total. The zero-order chi connectivity index (χ0) is 42.4. The summed E-state index contributed by atoms with van der Waals surface area (Å²) in [6, 6.07) is 20.4. The Labute approximate surface area is 337 Å². The first-order chi connectivity index (χ1) is 28.1. The molecule has 0 bridgehead atoms. The van der Waals surface area contributed by atoms with Crippen molar-refractivity contribution >= 4 is 43.9 Å². The molecule has 0 saturated carbocycles. The summed E-state index contributed by atoms with van der Waals surface area (Å²) in [7, 11) is -4.20. The largest absolute Gasteiger partial charge is 0.417 e. The summed E-state index contributed by atoms with van der Waals surface area (Å²) in [4.78, 5) is 28.4. The third-order valence-corrected chi connectivity index (χ3v) is 11.7. The fourth-order valence-corrected chi connectivity index (χ4v) is 8.37. The van der Waals surface area contributed by atoms with Gasteiger partial charge in [-0.15, -0.1) is 0 Å². The summed E-state index contributed by atoms with van der Waals surface area (Å²) >= 11 is 0. The van der Waals surface area contributed by atoms with Crippen molar-refractivity contribution in [3.8, 4) is 17.3 Å². The molecule has 0 fully saturated rings. The van der Waals surface area contributed by atoms with Gasteiger partial charge in [0.1, 0.15) is 5.82 Å². The van der Waals surface area contributed by atoms with E-state index in [1.165, 1.54) is 42.5 Å². The van der Waals surface area contributed by atoms with Crippen molar-refractivity contribution in [3.63, 3.8) is 0 Å². The van der Waals surface area contributed by atoms with Gasteiger partial charge in [-0.2, -0.15) is 18.4 Å². The first-order valence-electron chi connectivity index (χ1n) is 18.8. The molecule has 17 heteroatoms. The number of ether oxygens (including phenoxy) is 1. The molecule has 2 heterocycles. The Hall–Kier alpha value is -5.80. The van der Waals surface area contributed by atoms with E-state index >= 15 is 0 Å². The van der Waals surface area contributed by atoms with Crippen LogP contribution in [-0.4, -0.2) is 74.5 Å². The van der Waals surface area contributed by atoms with Gasteiger partial charge in [0, 0.05) is 60.8 Å². The van der Waals surface area contributed by atoms with Crippen molar-refractivity contribution in [3.05, 3.63) is 112 Å². The minimum Gasteiger partial charge on any atom is -0.385 e. The van der Waals surface area contributed by atoms with Gasteiger partial charge in [0.2, 0.25) is 0 Å². The smallest absolute Gasteiger partial charge is 0.385 e. The number of aliphatic hydroxyl groups is 1. The third-order valence-electron chi connectivity index (χ3n) is 9.76. The van der Waals surface area contributed by atoms with Gasteiger partial charge < -0.3 is 36.1 Å². The monoisotopic (exact) mass is 834 g/mol. The number of sulfone groups is 1. The van der Waals surface area contributed by atoms with E-state index in [1.807, 2.05) is 24.3 Å². The predicted octanol–water partition coefficient (Wildman–Crippen LogP) is 6.31. The van der Waals surface area contributed by atoms with E-state index in [9.17, 15) is 40.7 Å². The summed E-state index contributed by atoms with van der Waals surface area (Å²) in [5.41, 5.74) is 0.718. The Kier molecular flexibility index (Phi) is 13.1. The van der Waals surface area contributed by atoms with Crippen molar-refractivity contribution in [1.29, 1.82) is 5.26 Å². The maximum Gasteiger partial charge on any atom is 0.417 e. The van der Waals surface area contributed by atoms with Gasteiger partial charge in [-0.3, -0.25) is 9.59 Å². The number of hydrogen-bond acceptors (Lipinski definition) is 9. The molecule has 59 heavy (non-hydrogen) atoms. The summed E-state index contributed by atoms with van der Waals surface area (Å²) in [6.45, 7) is 4.45. The molecular weight excluding hydrogens is 793 g/mol. The van der Waals surface area contributed by atoms with Crippen molar-refractivity contribution in [2.45, 2.75) is 49.4 Å². The molecule has 4 aromatic carbocycles. The number of carbonyl (C=O) groups excluding carboxylic acids is 2. The molecule has 2 amide bonds. The van der Waals surface area contributed by atoms with E-state index in [1.54, 1.807) is 0 Å². The highest BCUT2D eigenvalue weighted by Gasteiger charge is 2.38. The van der Waals surface area contributed by atoms with Crippen LogP contribution in [0, 0.1) is 17.1 Å². The van der Waals surface area contributed by atoms with Gasteiger partial charge in [-0.1, -0.05) is 24.3 Å². The number of nitrogens with one attached hydrogen (secondary N) is 5. The zero-order valence-corrected chi connectivity index (χ0v) is 32.7. The first kappa shape index (κ1) is 42.8. The Morgan fingerprint density at radius 3 is 2.36 bits per heavy atom. The molecule has 0 aliphatic carbocycles. The van der Waals surface area contributed by atoms with Crippen molar-refractivity contribution < 1.29 is 45.4 Å². The molecular formula is C42H42F4N6O6S. The lowest BCUT2D eigenvalue weighted by Gasteiger charge is -2.22. The summed E-state index contributed by atoms with van der Waals surface area (Å²) in [5.74, 6) is -3.01. The molecule has 0 spiro atoms. The van der Waals surface area contributed by atoms with Crippen molar-refractivity contribution in [2.75, 3.05) is 49.2 Å². The van der Waals surface area contributed by atoms with Crippen LogP contribution in [0.4, 0.5) is 28.9 Å². The average Bonchev–Trinajstić information content (AvgIpc) is 3.46. The molecule has 1 unspecified atom stereocenters. The number of rotatable bonds is 17. The van der Waals surface area contributed by atoms with Crippen LogP contribution >= 0.6 is 0 Å². The highest BCUT2D eigenvalue weighted by Crippen LogP contribution is 2.36. The first-order valence-corrected chi connectivity index (χ1v) is 20.4. The number of carbonyl (C=O) groups is 2. The highest BCUT2D eigenvalue weighted by molar-refractivity contribution is 7.91. The van der Waals surface area contributed by atoms with Gasteiger partial charge >= 0.3 is 6.18 Å². The van der Waals surface area contributed by atoms with Gasteiger partial charge in [0.15, 0.2) is 15.4 Å². The van der Waals surface area contributed by atoms with E-state index < -0.39 is 50.2 Å². The SMILES string of the molecule is CC(O)(CS(=O)(=O)c1ccc(NCCCOCCCNCc2ccc(-c3[nH]c4cc(F)cc5c4c3CCNC5=O)cc2)cc1)C(=O)Nc1ccc(C#N)c(C(F)(F)F)c1. The minimum atomic E-state index is -4.87. The third kappa shape index (κ3) is 10.4. The van der Waals surface area contributed by atoms with Gasteiger partial charge in [-0.05, 0) is 104 Å². The van der Waals surface area contributed by atoms with Gasteiger partial charge in [-0.25, -0.2) is 12.8 Å². The highest BCUT2D eigenvalue weighted by atomic mass is 32.2. The number of nitrogens with zero attached hydrogens (tertiary/aromatic N) is 1. The zero-order valence-electron chi connectivity index (χ0n) is 31.9. The quantitative estimate of drug-likeness (QED) is 0.0462. The lowest BCUT2D eigenvalue weighted by atomic mass is 9.99. The van der Waals surface area contributed by atoms with E-state index in [0.717, 1.165) is 59.8 Å². The Morgan fingerprint density at radius 1 is 0.966 bits per heavy atom. The maximum atomic E-state index is 14.2. The number of hydrogen-bond donors (Lipinski definition) is 6. The van der Waals surface area contributed by atoms with Crippen molar-refractivity contribution in [2.24, 2.45) is 0 Å². The second-order valence-corrected chi connectivity index (χ2v) is 16.4. The van der Waals surface area contributed by atoms with Gasteiger partial charge in [0.05, 0.1) is 33.4 Å². The van der Waals surface area contributed by atoms with E-state index in [-0.39, 0.29) is 16.5 Å². The molecule has 12 nitrogen and oxygen atoms in total. The summed E-state index contributed by atoms with van der Waals surface area (Å²) in [5, 5.41) is 32.0. The van der Waals surface area contributed by atoms with Crippen LogP contribution in [0.5, 0.6) is 0 Å². The number of H-pyrrole nitrogens is 1. The number of benzene rings is 4. The molecule has 0 saturated heterocycles.